The molecule has 0 bridgehead atoms. The number of ether oxygens (including phenoxy) is 1. The molecule has 7 heteroatoms. The molecule has 0 aromatic heterocycles. The second-order valence-electron chi connectivity index (χ2n) is 6.26. The van der Waals surface area contributed by atoms with Gasteiger partial charge in [0, 0.05) is 6.54 Å². The average Bonchev–Trinajstić information content (AvgIpc) is 2.45. The van der Waals surface area contributed by atoms with Crippen molar-refractivity contribution >= 4 is 16.2 Å². The Morgan fingerprint density at radius 3 is 2.36 bits per heavy atom. The summed E-state index contributed by atoms with van der Waals surface area (Å²) in [5.74, 6) is -0.533. The number of alkyl carbamates (subject to hydrolysis) is 1. The van der Waals surface area contributed by atoms with Gasteiger partial charge in [0.1, 0.15) is 6.61 Å². The Morgan fingerprint density at radius 1 is 1.12 bits per heavy atom. The van der Waals surface area contributed by atoms with Gasteiger partial charge in [-0.3, -0.25) is 4.55 Å². The molecular formula is C18H31NO5S. The van der Waals surface area contributed by atoms with Gasteiger partial charge in [-0.25, -0.2) is 4.79 Å². The highest BCUT2D eigenvalue weighted by Crippen LogP contribution is 2.13. The van der Waals surface area contributed by atoms with Crippen LogP contribution in [0.1, 0.15) is 52.9 Å². The molecule has 1 amide bonds. The number of carbonyl (C=O) groups excluding carboxylic acids is 1. The summed E-state index contributed by atoms with van der Waals surface area (Å²) >= 11 is 0. The summed E-state index contributed by atoms with van der Waals surface area (Å²) in [5, 5.41) is 2.25. The topological polar surface area (TPSA) is 92.7 Å². The molecule has 0 rings (SSSR count). The van der Waals surface area contributed by atoms with Gasteiger partial charge >= 0.3 is 6.09 Å². The summed E-state index contributed by atoms with van der Waals surface area (Å²) in [6, 6.07) is 0. The molecule has 0 heterocycles. The second kappa shape index (κ2) is 12.7. The average molecular weight is 374 g/mol. The monoisotopic (exact) mass is 373 g/mol. The second-order valence-corrected chi connectivity index (χ2v) is 7.83. The highest BCUT2D eigenvalue weighted by Gasteiger charge is 2.06. The van der Waals surface area contributed by atoms with Crippen LogP contribution in [0, 0.1) is 0 Å². The van der Waals surface area contributed by atoms with Crippen LogP contribution in [0.4, 0.5) is 4.79 Å². The first-order valence-electron chi connectivity index (χ1n) is 8.41. The molecule has 0 aromatic rings. The van der Waals surface area contributed by atoms with Crippen LogP contribution in [-0.4, -0.2) is 38.0 Å². The smallest absolute Gasteiger partial charge is 0.407 e. The third kappa shape index (κ3) is 17.0. The summed E-state index contributed by atoms with van der Waals surface area (Å²) < 4.78 is 34.4. The van der Waals surface area contributed by atoms with Gasteiger partial charge in [0.2, 0.25) is 0 Å². The summed E-state index contributed by atoms with van der Waals surface area (Å²) in [7, 11) is -4.07. The molecule has 25 heavy (non-hydrogen) atoms. The maximum atomic E-state index is 11.3. The SMILES string of the molecule is C=C(C)CCC/C(C)=C/CC/C(C)=C/COC(=O)NCCS(=O)(=O)O. The van der Waals surface area contributed by atoms with Gasteiger partial charge < -0.3 is 10.1 Å². The Kier molecular flexibility index (Phi) is 11.9. The first kappa shape index (κ1) is 23.4. The van der Waals surface area contributed by atoms with Crippen molar-refractivity contribution in [2.45, 2.75) is 52.9 Å². The molecule has 0 aromatic carbocycles. The number of allylic oxidation sites excluding steroid dienone is 4. The predicted octanol–water partition coefficient (Wildman–Crippen LogP) is 4.02. The molecule has 0 aliphatic rings. The van der Waals surface area contributed by atoms with Gasteiger partial charge in [-0.2, -0.15) is 8.42 Å². The largest absolute Gasteiger partial charge is 0.445 e. The quantitative estimate of drug-likeness (QED) is 0.398. The Balaban J connectivity index is 3.90. The first-order valence-corrected chi connectivity index (χ1v) is 10.0. The molecule has 0 saturated heterocycles. The zero-order valence-corrected chi connectivity index (χ0v) is 16.3. The van der Waals surface area contributed by atoms with Crippen molar-refractivity contribution in [2.24, 2.45) is 0 Å². The van der Waals surface area contributed by atoms with Crippen LogP contribution < -0.4 is 5.32 Å². The van der Waals surface area contributed by atoms with E-state index < -0.39 is 22.0 Å². The highest BCUT2D eigenvalue weighted by molar-refractivity contribution is 7.85. The van der Waals surface area contributed by atoms with E-state index in [0.717, 1.165) is 37.7 Å². The van der Waals surface area contributed by atoms with Crippen molar-refractivity contribution in [3.63, 3.8) is 0 Å². The zero-order chi connectivity index (χ0) is 19.3. The van der Waals surface area contributed by atoms with E-state index in [-0.39, 0.29) is 13.2 Å². The lowest BCUT2D eigenvalue weighted by atomic mass is 10.0. The van der Waals surface area contributed by atoms with Gasteiger partial charge in [-0.15, -0.1) is 6.58 Å². The Hall–Kier alpha value is -1.60. The minimum Gasteiger partial charge on any atom is -0.445 e. The van der Waals surface area contributed by atoms with Crippen molar-refractivity contribution in [1.29, 1.82) is 0 Å². The van der Waals surface area contributed by atoms with Crippen LogP contribution in [0.5, 0.6) is 0 Å². The van der Waals surface area contributed by atoms with Crippen molar-refractivity contribution < 1.29 is 22.5 Å². The van der Waals surface area contributed by atoms with Crippen LogP contribution in [0.2, 0.25) is 0 Å². The number of hydrogen-bond acceptors (Lipinski definition) is 4. The Morgan fingerprint density at radius 2 is 1.76 bits per heavy atom. The predicted molar refractivity (Wildman–Crippen MR) is 101 cm³/mol. The van der Waals surface area contributed by atoms with E-state index in [4.69, 9.17) is 9.29 Å². The van der Waals surface area contributed by atoms with E-state index in [1.165, 1.54) is 11.1 Å². The van der Waals surface area contributed by atoms with Crippen LogP contribution in [0.3, 0.4) is 0 Å². The number of carbonyl (C=O) groups is 1. The molecule has 144 valence electrons. The summed E-state index contributed by atoms with van der Waals surface area (Å²) in [5.41, 5.74) is 3.72. The minimum absolute atomic E-state index is 0.130. The maximum Gasteiger partial charge on any atom is 0.407 e. The Labute approximate surface area is 151 Å². The van der Waals surface area contributed by atoms with Crippen LogP contribution >= 0.6 is 0 Å². The van der Waals surface area contributed by atoms with Crippen molar-refractivity contribution in [3.05, 3.63) is 35.5 Å². The van der Waals surface area contributed by atoms with E-state index in [0.29, 0.717) is 0 Å². The van der Waals surface area contributed by atoms with E-state index in [2.05, 4.69) is 24.9 Å². The fourth-order valence-electron chi connectivity index (χ4n) is 2.01. The molecule has 0 spiro atoms. The molecule has 0 aliphatic carbocycles. The van der Waals surface area contributed by atoms with E-state index in [1.807, 2.05) is 19.9 Å². The summed E-state index contributed by atoms with van der Waals surface area (Å²) in [6.07, 6.45) is 8.47. The summed E-state index contributed by atoms with van der Waals surface area (Å²) in [6.45, 7) is 10.0. The van der Waals surface area contributed by atoms with Crippen LogP contribution in [-0.2, 0) is 14.9 Å². The minimum atomic E-state index is -4.07. The summed E-state index contributed by atoms with van der Waals surface area (Å²) in [4.78, 5) is 11.3. The number of amides is 1. The number of rotatable bonds is 12. The van der Waals surface area contributed by atoms with Gasteiger partial charge in [0.25, 0.3) is 10.1 Å². The molecule has 0 aliphatic heterocycles. The molecule has 2 N–H and O–H groups in total. The van der Waals surface area contributed by atoms with Gasteiger partial charge in [0.15, 0.2) is 0 Å². The van der Waals surface area contributed by atoms with Crippen molar-refractivity contribution in [2.75, 3.05) is 18.9 Å². The van der Waals surface area contributed by atoms with Gasteiger partial charge in [0.05, 0.1) is 5.75 Å². The molecule has 0 unspecified atom stereocenters. The van der Waals surface area contributed by atoms with E-state index >= 15 is 0 Å². The molecule has 0 atom stereocenters. The zero-order valence-electron chi connectivity index (χ0n) is 15.5. The van der Waals surface area contributed by atoms with Gasteiger partial charge in [-0.05, 0) is 59.0 Å². The van der Waals surface area contributed by atoms with Crippen molar-refractivity contribution in [1.82, 2.24) is 5.32 Å². The molecule has 6 nitrogen and oxygen atoms in total. The standard InChI is InChI=1S/C18H31NO5S/c1-15(2)7-5-8-16(3)9-6-10-17(4)11-13-24-18(20)19-12-14-25(21,22)23/h9,11H,1,5-8,10,12-14H2,2-4H3,(H,19,20)(H,21,22,23)/b16-9+,17-11+. The van der Waals surface area contributed by atoms with E-state index in [9.17, 15) is 13.2 Å². The highest BCUT2D eigenvalue weighted by atomic mass is 32.2. The fraction of sp³-hybridized carbons (Fsp3) is 0.611. The lowest BCUT2D eigenvalue weighted by molar-refractivity contribution is 0.158. The molecular weight excluding hydrogens is 342 g/mol. The van der Waals surface area contributed by atoms with E-state index in [1.54, 1.807) is 0 Å². The number of nitrogens with one attached hydrogen (secondary N) is 1. The third-order valence-electron chi connectivity index (χ3n) is 3.48. The van der Waals surface area contributed by atoms with Crippen LogP contribution in [0.25, 0.3) is 0 Å². The fourth-order valence-corrected chi connectivity index (χ4v) is 2.37. The number of hydrogen-bond donors (Lipinski definition) is 2. The normalized spacial score (nSPS) is 12.8. The first-order chi connectivity index (χ1) is 11.6. The van der Waals surface area contributed by atoms with Crippen LogP contribution in [0.15, 0.2) is 35.5 Å². The molecule has 0 fully saturated rings. The third-order valence-corrected chi connectivity index (χ3v) is 4.20. The Bertz CT molecular complexity index is 591. The molecule has 0 radical (unpaired) electrons. The maximum absolute atomic E-state index is 11.3. The lowest BCUT2D eigenvalue weighted by Gasteiger charge is -2.05. The lowest BCUT2D eigenvalue weighted by Crippen LogP contribution is -2.29. The van der Waals surface area contributed by atoms with Gasteiger partial charge in [-0.1, -0.05) is 22.8 Å². The molecule has 0 saturated carbocycles. The van der Waals surface area contributed by atoms with Crippen molar-refractivity contribution in [3.8, 4) is 0 Å².